The van der Waals surface area contributed by atoms with Gasteiger partial charge in [0.2, 0.25) is 0 Å². The molecule has 18 nitrogen and oxygen atoms in total. The fourth-order valence-corrected chi connectivity index (χ4v) is 5.01. The molecule has 4 aromatic carbocycles. The van der Waals surface area contributed by atoms with Crippen LogP contribution in [0, 0.1) is 40.5 Å². The second-order valence-corrected chi connectivity index (χ2v) is 10.5. The highest BCUT2D eigenvalue weighted by Crippen LogP contribution is 2.39. The lowest BCUT2D eigenvalue weighted by Gasteiger charge is -2.13. The first-order valence-electron chi connectivity index (χ1n) is 13.8. The Hall–Kier alpha value is -6.72. The maximum Gasteiger partial charge on any atom is 0.278 e. The fraction of sp³-hybridized carbons (Fsp3) is 0.172. The minimum atomic E-state index is -0.786. The standard InChI is InChI=1S/C29H22N8O10/c38-28-16-3-1-2-4-17-7-21(31-33-23-12-26(36(44)45)15-27(13-23)37(46)47)9-19(29(17)39)5-18(28)8-20(6-16)30-32-22-10-24(34(40)41)14-25(11-22)35(42)43/h6-15,38-39H,1-5H2. The van der Waals surface area contributed by atoms with E-state index in [4.69, 9.17) is 0 Å². The van der Waals surface area contributed by atoms with Gasteiger partial charge in [0.25, 0.3) is 22.7 Å². The molecule has 4 aromatic rings. The van der Waals surface area contributed by atoms with Crippen LogP contribution in [0.15, 0.2) is 81.1 Å². The number of non-ortho nitro benzene ring substituents is 4. The number of azo groups is 2. The van der Waals surface area contributed by atoms with E-state index in [1.165, 1.54) is 12.1 Å². The Bertz CT molecular complexity index is 1820. The van der Waals surface area contributed by atoms with Gasteiger partial charge < -0.3 is 10.2 Å². The summed E-state index contributed by atoms with van der Waals surface area (Å²) in [5.74, 6) is -0.0950. The van der Waals surface area contributed by atoms with Crippen molar-refractivity contribution >= 4 is 45.5 Å². The van der Waals surface area contributed by atoms with E-state index in [9.17, 15) is 50.7 Å². The zero-order chi connectivity index (χ0) is 33.8. The first-order chi connectivity index (χ1) is 22.4. The number of nitro benzene ring substituents is 4. The molecule has 0 unspecified atom stereocenters. The van der Waals surface area contributed by atoms with E-state index < -0.39 is 42.4 Å². The maximum atomic E-state index is 11.2. The number of phenolic OH excluding ortho intramolecular Hbond substituents is 2. The second-order valence-electron chi connectivity index (χ2n) is 10.5. The molecule has 0 saturated carbocycles. The lowest BCUT2D eigenvalue weighted by molar-refractivity contribution is -0.394. The summed E-state index contributed by atoms with van der Waals surface area (Å²) >= 11 is 0. The predicted molar refractivity (Wildman–Crippen MR) is 164 cm³/mol. The highest BCUT2D eigenvalue weighted by molar-refractivity contribution is 5.60. The van der Waals surface area contributed by atoms with E-state index in [0.717, 1.165) is 36.4 Å². The van der Waals surface area contributed by atoms with Gasteiger partial charge in [0.15, 0.2) is 0 Å². The third-order valence-electron chi connectivity index (χ3n) is 7.21. The fourth-order valence-electron chi connectivity index (χ4n) is 5.01. The largest absolute Gasteiger partial charge is 0.507 e. The molecule has 47 heavy (non-hydrogen) atoms. The van der Waals surface area contributed by atoms with Crippen LogP contribution < -0.4 is 0 Å². The topological polar surface area (TPSA) is 262 Å². The molecule has 18 heteroatoms. The number of hydrogen-bond acceptors (Lipinski definition) is 14. The van der Waals surface area contributed by atoms with Crippen molar-refractivity contribution in [2.75, 3.05) is 0 Å². The van der Waals surface area contributed by atoms with Gasteiger partial charge in [-0.25, -0.2) is 0 Å². The van der Waals surface area contributed by atoms with E-state index in [2.05, 4.69) is 20.5 Å². The first kappa shape index (κ1) is 31.7. The molecule has 4 bridgehead atoms. The molecule has 5 rings (SSSR count). The summed E-state index contributed by atoms with van der Waals surface area (Å²) in [7, 11) is 0. The summed E-state index contributed by atoms with van der Waals surface area (Å²) in [6, 6.07) is 11.9. The summed E-state index contributed by atoms with van der Waals surface area (Å²) in [6.45, 7) is 0. The van der Waals surface area contributed by atoms with E-state index >= 15 is 0 Å². The van der Waals surface area contributed by atoms with Crippen LogP contribution in [0.4, 0.5) is 45.5 Å². The highest BCUT2D eigenvalue weighted by Gasteiger charge is 2.20. The molecule has 0 spiro atoms. The van der Waals surface area contributed by atoms with Gasteiger partial charge in [-0.3, -0.25) is 40.5 Å². The predicted octanol–water partition coefficient (Wildman–Crippen LogP) is 8.03. The monoisotopic (exact) mass is 642 g/mol. The van der Waals surface area contributed by atoms with Crippen LogP contribution in [-0.2, 0) is 19.3 Å². The molecular formula is C29H22N8O10. The van der Waals surface area contributed by atoms with Crippen LogP contribution in [0.25, 0.3) is 0 Å². The number of nitro groups is 4. The number of fused-ring (bicyclic) bond motifs is 4. The van der Waals surface area contributed by atoms with Gasteiger partial charge in [0.1, 0.15) is 11.5 Å². The average Bonchev–Trinajstić information content (AvgIpc) is 3.04. The lowest BCUT2D eigenvalue weighted by atomic mass is 9.97. The summed E-state index contributed by atoms with van der Waals surface area (Å²) in [5.41, 5.74) is -0.184. The second kappa shape index (κ2) is 13.1. The molecule has 0 fully saturated rings. The van der Waals surface area contributed by atoms with Crippen molar-refractivity contribution < 1.29 is 29.9 Å². The smallest absolute Gasteiger partial charge is 0.278 e. The van der Waals surface area contributed by atoms with Crippen LogP contribution in [0.1, 0.15) is 35.1 Å². The third-order valence-corrected chi connectivity index (χ3v) is 7.21. The lowest BCUT2D eigenvalue weighted by Crippen LogP contribution is -1.95. The molecule has 0 amide bonds. The number of hydrogen-bond donors (Lipinski definition) is 2. The molecule has 0 radical (unpaired) electrons. The van der Waals surface area contributed by atoms with E-state index in [-0.39, 0.29) is 40.7 Å². The molecule has 0 saturated heterocycles. The minimum Gasteiger partial charge on any atom is -0.507 e. The Morgan fingerprint density at radius 2 is 0.723 bits per heavy atom. The van der Waals surface area contributed by atoms with Crippen LogP contribution in [0.5, 0.6) is 11.5 Å². The van der Waals surface area contributed by atoms with Gasteiger partial charge in [0.05, 0.1) is 54.6 Å². The van der Waals surface area contributed by atoms with Gasteiger partial charge >= 0.3 is 0 Å². The molecule has 0 atom stereocenters. The van der Waals surface area contributed by atoms with Gasteiger partial charge in [-0.15, -0.1) is 0 Å². The van der Waals surface area contributed by atoms with Crippen LogP contribution >= 0.6 is 0 Å². The first-order valence-corrected chi connectivity index (χ1v) is 13.8. The molecule has 1 aliphatic carbocycles. The van der Waals surface area contributed by atoms with E-state index in [1.807, 2.05) is 0 Å². The zero-order valence-corrected chi connectivity index (χ0v) is 24.0. The maximum absolute atomic E-state index is 11.2. The van der Waals surface area contributed by atoms with Crippen LogP contribution in [-0.4, -0.2) is 29.9 Å². The van der Waals surface area contributed by atoms with Crippen molar-refractivity contribution in [2.45, 2.75) is 32.1 Å². The van der Waals surface area contributed by atoms with Crippen molar-refractivity contribution in [3.05, 3.63) is 123 Å². The van der Waals surface area contributed by atoms with Gasteiger partial charge in [-0.2, -0.15) is 20.5 Å². The molecule has 0 aromatic heterocycles. The van der Waals surface area contributed by atoms with E-state index in [1.54, 1.807) is 12.1 Å². The Kier molecular flexibility index (Phi) is 8.84. The number of phenols is 2. The number of aromatic hydroxyl groups is 2. The highest BCUT2D eigenvalue weighted by atomic mass is 16.6. The van der Waals surface area contributed by atoms with E-state index in [0.29, 0.717) is 47.9 Å². The molecular weight excluding hydrogens is 620 g/mol. The number of rotatable bonds is 8. The van der Waals surface area contributed by atoms with Crippen LogP contribution in [0.2, 0.25) is 0 Å². The van der Waals surface area contributed by atoms with Crippen molar-refractivity contribution in [3.63, 3.8) is 0 Å². The zero-order valence-electron chi connectivity index (χ0n) is 24.0. The third kappa shape index (κ3) is 7.33. The van der Waals surface area contributed by atoms with Crippen molar-refractivity contribution in [2.24, 2.45) is 20.5 Å². The van der Waals surface area contributed by atoms with Crippen LogP contribution in [0.3, 0.4) is 0 Å². The van der Waals surface area contributed by atoms with Crippen molar-refractivity contribution in [1.29, 1.82) is 0 Å². The van der Waals surface area contributed by atoms with Crippen molar-refractivity contribution in [1.82, 2.24) is 0 Å². The van der Waals surface area contributed by atoms with Gasteiger partial charge in [0, 0.05) is 41.8 Å². The number of benzene rings is 4. The average molecular weight is 643 g/mol. The van der Waals surface area contributed by atoms with Gasteiger partial charge in [-0.05, 0) is 61.1 Å². The Morgan fingerprint density at radius 3 is 1.02 bits per heavy atom. The SMILES string of the molecule is O=[N+]([O-])c1cc(N=Nc2cc3c(O)c(c2)Cc2cc(N=Nc4cc([N+](=O)[O-])cc([N+](=O)[O-])c4)cc(c2O)CCCC3)cc([N+](=O)[O-])c1. The minimum absolute atomic E-state index is 0.0189. The Morgan fingerprint density at radius 1 is 0.447 bits per heavy atom. The normalized spacial score (nSPS) is 12.9. The number of aryl methyl sites for hydroxylation is 2. The Labute approximate surface area is 263 Å². The molecule has 0 heterocycles. The van der Waals surface area contributed by atoms with Gasteiger partial charge in [-0.1, -0.05) is 0 Å². The number of nitrogens with zero attached hydrogens (tertiary/aromatic N) is 8. The summed E-state index contributed by atoms with van der Waals surface area (Å²) in [5, 5.41) is 83.4. The summed E-state index contributed by atoms with van der Waals surface area (Å²) < 4.78 is 0. The summed E-state index contributed by atoms with van der Waals surface area (Å²) in [6.07, 6.45) is 2.01. The molecule has 238 valence electrons. The summed E-state index contributed by atoms with van der Waals surface area (Å²) in [4.78, 5) is 41.9. The molecule has 0 aliphatic heterocycles. The Balaban J connectivity index is 1.52. The molecule has 1 aliphatic rings. The van der Waals surface area contributed by atoms with Crippen molar-refractivity contribution in [3.8, 4) is 11.5 Å². The molecule has 2 N–H and O–H groups in total. The quantitative estimate of drug-likeness (QED) is 0.106.